The van der Waals surface area contributed by atoms with Crippen LogP contribution in [-0.2, 0) is 10.0 Å². The Bertz CT molecular complexity index is 337. The van der Waals surface area contributed by atoms with Crippen LogP contribution in [0.25, 0.3) is 0 Å². The fourth-order valence-corrected chi connectivity index (χ4v) is 3.09. The quantitative estimate of drug-likeness (QED) is 0.582. The van der Waals surface area contributed by atoms with Gasteiger partial charge in [-0.3, -0.25) is 0 Å². The highest BCUT2D eigenvalue weighted by Crippen LogP contribution is 2.31. The van der Waals surface area contributed by atoms with Crippen LogP contribution in [0.1, 0.15) is 26.7 Å². The van der Waals surface area contributed by atoms with Gasteiger partial charge in [0.1, 0.15) is 3.26 Å². The van der Waals surface area contributed by atoms with E-state index in [0.717, 1.165) is 6.42 Å². The van der Waals surface area contributed by atoms with E-state index in [0.29, 0.717) is 6.42 Å². The molecule has 16 heavy (non-hydrogen) atoms. The van der Waals surface area contributed by atoms with Crippen LogP contribution >= 0.6 is 22.6 Å². The largest absolute Gasteiger partial charge is 0.384 e. The molecule has 0 aromatic heterocycles. The van der Waals surface area contributed by atoms with Crippen molar-refractivity contribution in [2.24, 2.45) is 10.6 Å². The average molecular weight is 360 g/mol. The molecule has 0 rings (SSSR count). The van der Waals surface area contributed by atoms with Crippen molar-refractivity contribution in [3.8, 4) is 0 Å². The van der Waals surface area contributed by atoms with Gasteiger partial charge in [-0.1, -0.05) is 42.5 Å². The molecule has 6 heteroatoms. The van der Waals surface area contributed by atoms with Gasteiger partial charge in [0.15, 0.2) is 0 Å². The minimum Gasteiger partial charge on any atom is -0.384 e. The van der Waals surface area contributed by atoms with E-state index < -0.39 is 13.3 Å². The number of hydrogen-bond donors (Lipinski definition) is 1. The summed E-state index contributed by atoms with van der Waals surface area (Å²) in [4.78, 5) is 1.96. The second-order valence-corrected chi connectivity index (χ2v) is 9.02. The summed E-state index contributed by atoms with van der Waals surface area (Å²) in [6.07, 6.45) is 5.41. The summed E-state index contributed by atoms with van der Waals surface area (Å²) in [5, 5.41) is 5.10. The highest BCUT2D eigenvalue weighted by atomic mass is 127. The Kier molecular flexibility index (Phi) is 6.27. The number of hydrogen-bond acceptors (Lipinski definition) is 3. The van der Waals surface area contributed by atoms with Gasteiger partial charge in [-0.15, -0.1) is 0 Å². The Morgan fingerprint density at radius 2 is 1.94 bits per heavy atom. The lowest BCUT2D eigenvalue weighted by Crippen LogP contribution is -2.28. The molecule has 0 fully saturated rings. The molecule has 0 spiro atoms. The Labute approximate surface area is 112 Å². The zero-order valence-electron chi connectivity index (χ0n) is 10.3. The molecule has 0 saturated carbocycles. The number of sulfonamides is 1. The molecule has 0 aliphatic heterocycles. The van der Waals surface area contributed by atoms with Crippen LogP contribution in [-0.4, -0.2) is 30.7 Å². The maximum absolute atomic E-state index is 11.1. The Morgan fingerprint density at radius 3 is 2.31 bits per heavy atom. The standard InChI is InChI=1S/C10H21IN2O2S/c1-10(2,6-5-7-13(3)4)8-9(11)16(12,14)15/h5,7,9H,6,8H2,1-4H3,(H2,12,14,15). The van der Waals surface area contributed by atoms with Gasteiger partial charge in [0.05, 0.1) is 0 Å². The topological polar surface area (TPSA) is 63.4 Å². The van der Waals surface area contributed by atoms with Gasteiger partial charge in [-0.05, 0) is 24.5 Å². The van der Waals surface area contributed by atoms with Crippen molar-refractivity contribution in [3.63, 3.8) is 0 Å². The number of nitrogens with zero attached hydrogens (tertiary/aromatic N) is 1. The van der Waals surface area contributed by atoms with Crippen LogP contribution in [0.3, 0.4) is 0 Å². The molecule has 4 nitrogen and oxygen atoms in total. The molecule has 0 bridgehead atoms. The third-order valence-electron chi connectivity index (χ3n) is 2.14. The molecule has 0 aromatic rings. The lowest BCUT2D eigenvalue weighted by molar-refractivity contribution is 0.351. The third kappa shape index (κ3) is 7.45. The van der Waals surface area contributed by atoms with Crippen molar-refractivity contribution in [1.29, 1.82) is 0 Å². The summed E-state index contributed by atoms with van der Waals surface area (Å²) in [6.45, 7) is 4.09. The van der Waals surface area contributed by atoms with Crippen LogP contribution in [0.4, 0.5) is 0 Å². The van der Waals surface area contributed by atoms with Gasteiger partial charge < -0.3 is 4.90 Å². The van der Waals surface area contributed by atoms with Crippen LogP contribution in [0, 0.1) is 5.41 Å². The molecule has 0 aromatic carbocycles. The molecule has 0 saturated heterocycles. The van der Waals surface area contributed by atoms with Crippen molar-refractivity contribution in [1.82, 2.24) is 4.90 Å². The second-order valence-electron chi connectivity index (χ2n) is 4.92. The van der Waals surface area contributed by atoms with E-state index >= 15 is 0 Å². The SMILES string of the molecule is CN(C)C=CCC(C)(C)CC(I)S(N)(=O)=O. The Hall–Kier alpha value is 0.180. The molecule has 0 amide bonds. The fourth-order valence-electron chi connectivity index (χ4n) is 1.22. The molecule has 2 N–H and O–H groups in total. The summed E-state index contributed by atoms with van der Waals surface area (Å²) in [6, 6.07) is 0. The number of allylic oxidation sites excluding steroid dienone is 1. The number of alkyl halides is 1. The van der Waals surface area contributed by atoms with E-state index in [1.807, 2.05) is 67.7 Å². The Balaban J connectivity index is 4.36. The van der Waals surface area contributed by atoms with Gasteiger partial charge in [0.25, 0.3) is 0 Å². The van der Waals surface area contributed by atoms with E-state index in [1.165, 1.54) is 0 Å². The van der Waals surface area contributed by atoms with E-state index in [1.54, 1.807) is 0 Å². The van der Waals surface area contributed by atoms with Crippen LogP contribution in [0.2, 0.25) is 0 Å². The highest BCUT2D eigenvalue weighted by molar-refractivity contribution is 14.1. The van der Waals surface area contributed by atoms with Crippen molar-refractivity contribution < 1.29 is 8.42 Å². The van der Waals surface area contributed by atoms with Crippen molar-refractivity contribution >= 4 is 32.6 Å². The van der Waals surface area contributed by atoms with Gasteiger partial charge >= 0.3 is 0 Å². The van der Waals surface area contributed by atoms with E-state index in [4.69, 9.17) is 5.14 Å². The zero-order chi connectivity index (χ0) is 13.0. The minimum absolute atomic E-state index is 0.0647. The lowest BCUT2D eigenvalue weighted by atomic mass is 9.86. The fraction of sp³-hybridized carbons (Fsp3) is 0.800. The van der Waals surface area contributed by atoms with Gasteiger partial charge in [-0.2, -0.15) is 0 Å². The van der Waals surface area contributed by atoms with E-state index in [-0.39, 0.29) is 5.41 Å². The first-order valence-corrected chi connectivity index (χ1v) is 7.89. The van der Waals surface area contributed by atoms with Crippen LogP contribution in [0.15, 0.2) is 12.3 Å². The van der Waals surface area contributed by atoms with Crippen molar-refractivity contribution in [3.05, 3.63) is 12.3 Å². The summed E-state index contributed by atoms with van der Waals surface area (Å²) < 4.78 is 21.7. The normalized spacial score (nSPS) is 15.4. The predicted octanol–water partition coefficient (Wildman–Crippen LogP) is 1.92. The molecule has 1 unspecified atom stereocenters. The maximum Gasteiger partial charge on any atom is 0.221 e. The Morgan fingerprint density at radius 1 is 1.44 bits per heavy atom. The lowest BCUT2D eigenvalue weighted by Gasteiger charge is -2.25. The third-order valence-corrected chi connectivity index (χ3v) is 5.59. The molecule has 0 radical (unpaired) electrons. The smallest absolute Gasteiger partial charge is 0.221 e. The summed E-state index contributed by atoms with van der Waals surface area (Å²) in [5.74, 6) is 0. The first kappa shape index (κ1) is 16.2. The van der Waals surface area contributed by atoms with Crippen LogP contribution < -0.4 is 5.14 Å². The predicted molar refractivity (Wildman–Crippen MR) is 76.8 cm³/mol. The zero-order valence-corrected chi connectivity index (χ0v) is 13.2. The average Bonchev–Trinajstić information content (AvgIpc) is 1.99. The molecular weight excluding hydrogens is 339 g/mol. The van der Waals surface area contributed by atoms with Gasteiger partial charge in [0, 0.05) is 14.1 Å². The number of rotatable bonds is 6. The second kappa shape index (κ2) is 6.20. The van der Waals surface area contributed by atoms with Crippen molar-refractivity contribution in [2.45, 2.75) is 29.9 Å². The van der Waals surface area contributed by atoms with E-state index in [2.05, 4.69) is 0 Å². The minimum atomic E-state index is -3.43. The van der Waals surface area contributed by atoms with E-state index in [9.17, 15) is 8.42 Å². The first-order chi connectivity index (χ1) is 7.04. The molecule has 0 aliphatic carbocycles. The molecule has 1 atom stereocenters. The summed E-state index contributed by atoms with van der Waals surface area (Å²) in [5.41, 5.74) is -0.0647. The maximum atomic E-state index is 11.1. The van der Waals surface area contributed by atoms with Crippen molar-refractivity contribution in [2.75, 3.05) is 14.1 Å². The van der Waals surface area contributed by atoms with Crippen LogP contribution in [0.5, 0.6) is 0 Å². The number of nitrogens with two attached hydrogens (primary N) is 1. The summed E-state index contributed by atoms with van der Waals surface area (Å²) in [7, 11) is 0.481. The van der Waals surface area contributed by atoms with Gasteiger partial charge in [-0.25, -0.2) is 13.6 Å². The molecule has 0 heterocycles. The number of halogens is 1. The molecular formula is C10H21IN2O2S. The highest BCUT2D eigenvalue weighted by Gasteiger charge is 2.27. The molecule has 96 valence electrons. The number of primary sulfonamides is 1. The van der Waals surface area contributed by atoms with Gasteiger partial charge in [0.2, 0.25) is 10.0 Å². The summed E-state index contributed by atoms with van der Waals surface area (Å²) >= 11 is 1.89. The monoisotopic (exact) mass is 360 g/mol. The first-order valence-electron chi connectivity index (χ1n) is 5.03. The molecule has 0 aliphatic rings.